The predicted molar refractivity (Wildman–Crippen MR) is 135 cm³/mol. The zero-order valence-electron chi connectivity index (χ0n) is 18.1. The second-order valence-corrected chi connectivity index (χ2v) is 7.67. The molecule has 0 amide bonds. The molecule has 0 radical (unpaired) electrons. The van der Waals surface area contributed by atoms with Crippen LogP contribution in [0.5, 0.6) is 0 Å². The average molecular weight is 402 g/mol. The summed E-state index contributed by atoms with van der Waals surface area (Å²) in [5, 5.41) is 0. The molecule has 0 saturated carbocycles. The lowest BCUT2D eigenvalue weighted by Crippen LogP contribution is -2.08. The van der Waals surface area contributed by atoms with Crippen LogP contribution in [0.2, 0.25) is 0 Å². The molecule has 1 heteroatoms. The first kappa shape index (κ1) is 20.4. The fourth-order valence-corrected chi connectivity index (χ4v) is 3.68. The minimum absolute atomic E-state index is 1.16. The molecule has 152 valence electrons. The first-order valence-corrected chi connectivity index (χ1v) is 10.6. The van der Waals surface area contributed by atoms with Gasteiger partial charge in [0, 0.05) is 18.9 Å². The van der Waals surface area contributed by atoms with Crippen LogP contribution in [0, 0.1) is 0 Å². The molecule has 1 nitrogen and oxygen atoms in total. The third kappa shape index (κ3) is 5.21. The second kappa shape index (κ2) is 9.77. The van der Waals surface area contributed by atoms with Crippen LogP contribution in [0.25, 0.3) is 17.2 Å². The van der Waals surface area contributed by atoms with E-state index in [1.807, 2.05) is 6.07 Å². The SMILES string of the molecule is C/C(=C/N(C)c1ccc(C=C(c2ccccc2)c2ccccc2)cc1)c1ccccc1. The fourth-order valence-electron chi connectivity index (χ4n) is 3.68. The Kier molecular flexibility index (Phi) is 6.44. The van der Waals surface area contributed by atoms with Crippen molar-refractivity contribution in [2.24, 2.45) is 0 Å². The Balaban J connectivity index is 1.61. The van der Waals surface area contributed by atoms with Crippen LogP contribution in [0.3, 0.4) is 0 Å². The van der Waals surface area contributed by atoms with Crippen molar-refractivity contribution < 1.29 is 0 Å². The van der Waals surface area contributed by atoms with Crippen LogP contribution in [-0.2, 0) is 0 Å². The minimum atomic E-state index is 1.16. The van der Waals surface area contributed by atoms with E-state index in [0.717, 1.165) is 5.69 Å². The maximum absolute atomic E-state index is 2.26. The Labute approximate surface area is 185 Å². The van der Waals surface area contributed by atoms with Crippen molar-refractivity contribution in [1.82, 2.24) is 0 Å². The topological polar surface area (TPSA) is 3.24 Å². The highest BCUT2D eigenvalue weighted by Crippen LogP contribution is 2.27. The lowest BCUT2D eigenvalue weighted by atomic mass is 9.96. The summed E-state index contributed by atoms with van der Waals surface area (Å²) in [6.07, 6.45) is 4.44. The maximum Gasteiger partial charge on any atom is 0.0403 e. The Morgan fingerprint density at radius 2 is 1.03 bits per heavy atom. The van der Waals surface area contributed by atoms with E-state index in [4.69, 9.17) is 0 Å². The highest BCUT2D eigenvalue weighted by atomic mass is 15.1. The van der Waals surface area contributed by atoms with Gasteiger partial charge >= 0.3 is 0 Å². The van der Waals surface area contributed by atoms with Gasteiger partial charge in [-0.15, -0.1) is 0 Å². The monoisotopic (exact) mass is 401 g/mol. The van der Waals surface area contributed by atoms with Gasteiger partial charge in [-0.05, 0) is 58.5 Å². The number of anilines is 1. The average Bonchev–Trinajstić information content (AvgIpc) is 2.84. The molecule has 0 fully saturated rings. The van der Waals surface area contributed by atoms with Gasteiger partial charge in [0.1, 0.15) is 0 Å². The number of nitrogens with zero attached hydrogens (tertiary/aromatic N) is 1. The molecule has 4 aromatic carbocycles. The summed E-state index contributed by atoms with van der Waals surface area (Å²) in [6, 6.07) is 40.3. The maximum atomic E-state index is 2.26. The third-order valence-corrected chi connectivity index (χ3v) is 5.40. The second-order valence-electron chi connectivity index (χ2n) is 7.67. The van der Waals surface area contributed by atoms with Gasteiger partial charge in [-0.2, -0.15) is 0 Å². The molecule has 0 aliphatic rings. The Morgan fingerprint density at radius 3 is 1.52 bits per heavy atom. The van der Waals surface area contributed by atoms with Crippen LogP contribution in [0.1, 0.15) is 29.2 Å². The summed E-state index contributed by atoms with van der Waals surface area (Å²) < 4.78 is 0. The van der Waals surface area contributed by atoms with Gasteiger partial charge in [-0.25, -0.2) is 0 Å². The van der Waals surface area contributed by atoms with Gasteiger partial charge in [0.05, 0.1) is 0 Å². The molecule has 31 heavy (non-hydrogen) atoms. The highest BCUT2D eigenvalue weighted by molar-refractivity contribution is 5.91. The number of hydrogen-bond donors (Lipinski definition) is 0. The number of rotatable bonds is 6. The van der Waals surface area contributed by atoms with Crippen molar-refractivity contribution in [2.75, 3.05) is 11.9 Å². The highest BCUT2D eigenvalue weighted by Gasteiger charge is 2.06. The van der Waals surface area contributed by atoms with Gasteiger partial charge in [0.2, 0.25) is 0 Å². The molecule has 0 saturated heterocycles. The lowest BCUT2D eigenvalue weighted by Gasteiger charge is -2.16. The smallest absolute Gasteiger partial charge is 0.0403 e. The van der Waals surface area contributed by atoms with E-state index in [2.05, 4.69) is 140 Å². The summed E-state index contributed by atoms with van der Waals surface area (Å²) in [6.45, 7) is 2.15. The van der Waals surface area contributed by atoms with E-state index in [-0.39, 0.29) is 0 Å². The van der Waals surface area contributed by atoms with Crippen LogP contribution < -0.4 is 4.90 Å². The van der Waals surface area contributed by atoms with Gasteiger partial charge in [-0.3, -0.25) is 0 Å². The molecule has 0 unspecified atom stereocenters. The Hall–Kier alpha value is -3.84. The van der Waals surface area contributed by atoms with Crippen molar-refractivity contribution in [3.63, 3.8) is 0 Å². The van der Waals surface area contributed by atoms with Crippen LogP contribution in [-0.4, -0.2) is 7.05 Å². The molecular formula is C30H27N. The van der Waals surface area contributed by atoms with Crippen LogP contribution in [0.15, 0.2) is 121 Å². The van der Waals surface area contributed by atoms with E-state index in [9.17, 15) is 0 Å². The molecule has 4 aromatic rings. The zero-order chi connectivity index (χ0) is 21.5. The standard InChI is InChI=1S/C30H27N/c1-24(26-12-6-3-7-13-26)23-31(2)29-20-18-25(19-21-29)22-30(27-14-8-4-9-15-27)28-16-10-5-11-17-28/h3-23H,1-2H3/b24-23-. The quantitative estimate of drug-likeness (QED) is 0.298. The molecule has 0 N–H and O–H groups in total. The van der Waals surface area contributed by atoms with Crippen LogP contribution in [0.4, 0.5) is 5.69 Å². The van der Waals surface area contributed by atoms with Crippen molar-refractivity contribution >= 4 is 22.9 Å². The number of benzene rings is 4. The first-order chi connectivity index (χ1) is 15.2. The number of allylic oxidation sites excluding steroid dienone is 1. The summed E-state index contributed by atoms with van der Waals surface area (Å²) >= 11 is 0. The molecule has 0 aliphatic heterocycles. The Bertz CT molecular complexity index is 1110. The largest absolute Gasteiger partial charge is 0.351 e. The summed E-state index contributed by atoms with van der Waals surface area (Å²) in [5.41, 5.74) is 8.48. The van der Waals surface area contributed by atoms with Gasteiger partial charge in [-0.1, -0.05) is 103 Å². The molecular weight excluding hydrogens is 374 g/mol. The molecule has 0 aromatic heterocycles. The third-order valence-electron chi connectivity index (χ3n) is 5.40. The van der Waals surface area contributed by atoms with Gasteiger partial charge in [0.25, 0.3) is 0 Å². The van der Waals surface area contributed by atoms with Gasteiger partial charge in [0.15, 0.2) is 0 Å². The predicted octanol–water partition coefficient (Wildman–Crippen LogP) is 7.77. The van der Waals surface area contributed by atoms with E-state index < -0.39 is 0 Å². The van der Waals surface area contributed by atoms with E-state index in [0.29, 0.717) is 0 Å². The lowest BCUT2D eigenvalue weighted by molar-refractivity contribution is 1.20. The normalized spacial score (nSPS) is 11.1. The summed E-state index contributed by atoms with van der Waals surface area (Å²) in [4.78, 5) is 2.17. The Morgan fingerprint density at radius 1 is 0.581 bits per heavy atom. The zero-order valence-corrected chi connectivity index (χ0v) is 18.1. The molecule has 0 bridgehead atoms. The summed E-state index contributed by atoms with van der Waals surface area (Å²) in [7, 11) is 2.09. The minimum Gasteiger partial charge on any atom is -0.351 e. The van der Waals surface area contributed by atoms with Crippen molar-refractivity contribution in [2.45, 2.75) is 6.92 Å². The van der Waals surface area contributed by atoms with E-state index in [1.54, 1.807) is 0 Å². The summed E-state index contributed by atoms with van der Waals surface area (Å²) in [5.74, 6) is 0. The van der Waals surface area contributed by atoms with E-state index in [1.165, 1.54) is 33.4 Å². The van der Waals surface area contributed by atoms with Crippen LogP contribution >= 0.6 is 0 Å². The fraction of sp³-hybridized carbons (Fsp3) is 0.0667. The molecule has 0 aliphatic carbocycles. The van der Waals surface area contributed by atoms with Crippen molar-refractivity contribution in [1.29, 1.82) is 0 Å². The van der Waals surface area contributed by atoms with Crippen molar-refractivity contribution in [3.05, 3.63) is 144 Å². The first-order valence-electron chi connectivity index (χ1n) is 10.6. The number of hydrogen-bond acceptors (Lipinski definition) is 1. The molecule has 0 atom stereocenters. The van der Waals surface area contributed by atoms with E-state index >= 15 is 0 Å². The molecule has 4 rings (SSSR count). The van der Waals surface area contributed by atoms with Crippen molar-refractivity contribution in [3.8, 4) is 0 Å². The molecule has 0 spiro atoms. The molecule has 0 heterocycles. The van der Waals surface area contributed by atoms with Gasteiger partial charge < -0.3 is 4.90 Å².